The van der Waals surface area contributed by atoms with E-state index in [1.165, 1.54) is 43.5 Å². The van der Waals surface area contributed by atoms with Gasteiger partial charge in [-0.3, -0.25) is 19.3 Å². The molecule has 0 unspecified atom stereocenters. The van der Waals surface area contributed by atoms with Crippen molar-refractivity contribution in [3.8, 4) is 11.5 Å². The third-order valence-corrected chi connectivity index (χ3v) is 6.43. The van der Waals surface area contributed by atoms with Gasteiger partial charge < -0.3 is 19.9 Å². The third-order valence-electron chi connectivity index (χ3n) is 4.51. The SMILES string of the molecule is CCOC(=O)c1cc(NC(=O)CN2C(=O)S/C(=C\c3cc(OC)c(O)cc3Br)C2=O)ccc1Cl. The number of thioether (sulfide) groups is 1. The fourth-order valence-corrected chi connectivity index (χ4v) is 4.39. The van der Waals surface area contributed by atoms with Crippen molar-refractivity contribution in [1.82, 2.24) is 4.90 Å². The number of rotatable bonds is 7. The molecule has 0 spiro atoms. The molecular formula is C22H18BrClN2O7S. The van der Waals surface area contributed by atoms with Crippen LogP contribution in [0, 0.1) is 0 Å². The number of aromatic hydroxyl groups is 1. The Balaban J connectivity index is 1.74. The number of amides is 3. The van der Waals surface area contributed by atoms with Gasteiger partial charge in [0.1, 0.15) is 6.54 Å². The van der Waals surface area contributed by atoms with Crippen LogP contribution in [0.3, 0.4) is 0 Å². The van der Waals surface area contributed by atoms with Crippen molar-refractivity contribution >= 4 is 74.1 Å². The number of phenols is 1. The van der Waals surface area contributed by atoms with Gasteiger partial charge in [-0.2, -0.15) is 0 Å². The molecule has 1 aliphatic rings. The first-order valence-electron chi connectivity index (χ1n) is 9.73. The zero-order valence-corrected chi connectivity index (χ0v) is 21.0. The molecule has 0 atom stereocenters. The topological polar surface area (TPSA) is 122 Å². The van der Waals surface area contributed by atoms with E-state index in [0.717, 1.165) is 4.90 Å². The van der Waals surface area contributed by atoms with Crippen LogP contribution in [-0.2, 0) is 14.3 Å². The number of hydrogen-bond donors (Lipinski definition) is 2. The Labute approximate surface area is 212 Å². The lowest BCUT2D eigenvalue weighted by Gasteiger charge is -2.13. The van der Waals surface area contributed by atoms with Gasteiger partial charge in [-0.15, -0.1) is 0 Å². The molecule has 1 fully saturated rings. The van der Waals surface area contributed by atoms with Gasteiger partial charge in [0.25, 0.3) is 11.1 Å². The van der Waals surface area contributed by atoms with Crippen molar-refractivity contribution < 1.29 is 33.8 Å². The van der Waals surface area contributed by atoms with E-state index >= 15 is 0 Å². The van der Waals surface area contributed by atoms with Crippen LogP contribution in [-0.4, -0.2) is 53.3 Å². The second-order valence-corrected chi connectivity index (χ2v) is 9.03. The van der Waals surface area contributed by atoms with Crippen molar-refractivity contribution in [2.75, 3.05) is 25.6 Å². The maximum Gasteiger partial charge on any atom is 0.339 e. The zero-order valence-electron chi connectivity index (χ0n) is 17.9. The number of esters is 1. The van der Waals surface area contributed by atoms with Gasteiger partial charge in [-0.25, -0.2) is 4.79 Å². The summed E-state index contributed by atoms with van der Waals surface area (Å²) in [4.78, 5) is 50.5. The molecule has 2 aromatic carbocycles. The monoisotopic (exact) mass is 568 g/mol. The Morgan fingerprint density at radius 3 is 2.68 bits per heavy atom. The molecule has 3 amide bonds. The summed E-state index contributed by atoms with van der Waals surface area (Å²) in [6.45, 7) is 1.28. The number of ether oxygens (including phenoxy) is 2. The highest BCUT2D eigenvalue weighted by molar-refractivity contribution is 9.10. The number of carbonyl (C=O) groups excluding carboxylic acids is 4. The number of nitrogens with one attached hydrogen (secondary N) is 1. The van der Waals surface area contributed by atoms with E-state index in [2.05, 4.69) is 21.2 Å². The summed E-state index contributed by atoms with van der Waals surface area (Å²) in [5.74, 6) is -1.83. The highest BCUT2D eigenvalue weighted by Gasteiger charge is 2.36. The van der Waals surface area contributed by atoms with E-state index in [-0.39, 0.29) is 39.3 Å². The van der Waals surface area contributed by atoms with Crippen LogP contribution in [0.25, 0.3) is 6.08 Å². The minimum Gasteiger partial charge on any atom is -0.504 e. The maximum absolute atomic E-state index is 12.8. The fraction of sp³-hybridized carbons (Fsp3) is 0.182. The van der Waals surface area contributed by atoms with Gasteiger partial charge in [-0.1, -0.05) is 27.5 Å². The van der Waals surface area contributed by atoms with Crippen LogP contribution < -0.4 is 10.1 Å². The van der Waals surface area contributed by atoms with Gasteiger partial charge in [0.2, 0.25) is 5.91 Å². The van der Waals surface area contributed by atoms with Crippen LogP contribution in [0.15, 0.2) is 39.7 Å². The summed E-state index contributed by atoms with van der Waals surface area (Å²) in [6, 6.07) is 7.16. The quantitative estimate of drug-likeness (QED) is 0.364. The molecule has 34 heavy (non-hydrogen) atoms. The molecule has 1 aliphatic heterocycles. The predicted octanol–water partition coefficient (Wildman–Crippen LogP) is 4.67. The minimum atomic E-state index is -0.646. The molecule has 2 N–H and O–H groups in total. The molecule has 2 aromatic rings. The Morgan fingerprint density at radius 1 is 1.26 bits per heavy atom. The summed E-state index contributed by atoms with van der Waals surface area (Å²) in [6.07, 6.45) is 1.46. The lowest BCUT2D eigenvalue weighted by atomic mass is 10.2. The van der Waals surface area contributed by atoms with E-state index in [1.54, 1.807) is 6.92 Å². The second-order valence-electron chi connectivity index (χ2n) is 6.78. The summed E-state index contributed by atoms with van der Waals surface area (Å²) in [5, 5.41) is 11.9. The van der Waals surface area contributed by atoms with Crippen molar-refractivity contribution in [2.24, 2.45) is 0 Å². The Kier molecular flexibility index (Phi) is 8.24. The molecule has 0 bridgehead atoms. The van der Waals surface area contributed by atoms with Gasteiger partial charge in [0.15, 0.2) is 11.5 Å². The Bertz CT molecular complexity index is 1220. The molecule has 0 aliphatic carbocycles. The van der Waals surface area contributed by atoms with Crippen LogP contribution in [0.1, 0.15) is 22.8 Å². The number of halogens is 2. The molecule has 0 radical (unpaired) electrons. The standard InChI is InChI=1S/C22H18BrClN2O7S/c1-3-33-21(30)13-8-12(4-5-15(13)24)25-19(28)10-26-20(29)18(34-22(26)31)7-11-6-17(32-2)16(27)9-14(11)23/h4-9,27H,3,10H2,1-2H3,(H,25,28)/b18-7-. The number of hydrogen-bond acceptors (Lipinski definition) is 8. The van der Waals surface area contributed by atoms with Crippen molar-refractivity contribution in [3.05, 3.63) is 55.9 Å². The lowest BCUT2D eigenvalue weighted by molar-refractivity contribution is -0.127. The molecule has 0 saturated carbocycles. The molecule has 1 saturated heterocycles. The fourth-order valence-electron chi connectivity index (χ4n) is 2.92. The molecular weight excluding hydrogens is 552 g/mol. The normalized spacial score (nSPS) is 14.5. The largest absolute Gasteiger partial charge is 0.504 e. The van der Waals surface area contributed by atoms with Crippen LogP contribution in [0.5, 0.6) is 11.5 Å². The zero-order chi connectivity index (χ0) is 25.0. The average molecular weight is 570 g/mol. The summed E-state index contributed by atoms with van der Waals surface area (Å²) < 4.78 is 10.5. The highest BCUT2D eigenvalue weighted by Crippen LogP contribution is 2.37. The maximum atomic E-state index is 12.8. The molecule has 1 heterocycles. The molecule has 178 valence electrons. The lowest BCUT2D eigenvalue weighted by Crippen LogP contribution is -2.36. The van der Waals surface area contributed by atoms with Gasteiger partial charge >= 0.3 is 5.97 Å². The van der Waals surface area contributed by atoms with E-state index < -0.39 is 29.6 Å². The number of carbonyl (C=O) groups is 4. The van der Waals surface area contributed by atoms with Crippen LogP contribution in [0.2, 0.25) is 5.02 Å². The van der Waals surface area contributed by atoms with E-state index in [9.17, 15) is 24.3 Å². The summed E-state index contributed by atoms with van der Waals surface area (Å²) in [5.41, 5.74) is 0.822. The highest BCUT2D eigenvalue weighted by atomic mass is 79.9. The van der Waals surface area contributed by atoms with Crippen molar-refractivity contribution in [2.45, 2.75) is 6.92 Å². The average Bonchev–Trinajstić information content (AvgIpc) is 3.04. The first kappa shape index (κ1) is 25.6. The Hall–Kier alpha value is -3.02. The smallest absolute Gasteiger partial charge is 0.339 e. The number of nitrogens with zero attached hydrogens (tertiary/aromatic N) is 1. The van der Waals surface area contributed by atoms with Crippen molar-refractivity contribution in [1.29, 1.82) is 0 Å². The third kappa shape index (κ3) is 5.72. The first-order valence-corrected chi connectivity index (χ1v) is 11.7. The Morgan fingerprint density at radius 2 is 2.00 bits per heavy atom. The second kappa shape index (κ2) is 10.9. The van der Waals surface area contributed by atoms with Crippen LogP contribution >= 0.6 is 39.3 Å². The number of anilines is 1. The molecule has 3 rings (SSSR count). The first-order chi connectivity index (χ1) is 16.1. The molecule has 9 nitrogen and oxygen atoms in total. The number of imide groups is 1. The number of methoxy groups -OCH3 is 1. The number of phenolic OH excluding ortho intramolecular Hbond substituents is 1. The summed E-state index contributed by atoms with van der Waals surface area (Å²) >= 11 is 9.99. The van der Waals surface area contributed by atoms with Gasteiger partial charge in [0.05, 0.1) is 29.2 Å². The summed E-state index contributed by atoms with van der Waals surface area (Å²) in [7, 11) is 1.38. The van der Waals surface area contributed by atoms with E-state index in [0.29, 0.717) is 21.8 Å². The number of benzene rings is 2. The molecule has 0 aromatic heterocycles. The van der Waals surface area contributed by atoms with Gasteiger partial charge in [0, 0.05) is 10.2 Å². The van der Waals surface area contributed by atoms with Crippen LogP contribution in [0.4, 0.5) is 10.5 Å². The van der Waals surface area contributed by atoms with E-state index in [4.69, 9.17) is 21.1 Å². The van der Waals surface area contributed by atoms with Crippen molar-refractivity contribution in [3.63, 3.8) is 0 Å². The predicted molar refractivity (Wildman–Crippen MR) is 131 cm³/mol. The molecule has 12 heteroatoms. The van der Waals surface area contributed by atoms with E-state index in [1.807, 2.05) is 0 Å². The minimum absolute atomic E-state index is 0.0744. The van der Waals surface area contributed by atoms with Gasteiger partial charge in [-0.05, 0) is 60.7 Å².